The van der Waals surface area contributed by atoms with Crippen LogP contribution in [0.25, 0.3) is 0 Å². The average Bonchev–Trinajstić information content (AvgIpc) is 2.39. The number of halogens is 1. The number of nitrogens with one attached hydrogen (secondary N) is 1. The van der Waals surface area contributed by atoms with E-state index in [0.29, 0.717) is 17.8 Å². The molecule has 3 nitrogen and oxygen atoms in total. The van der Waals surface area contributed by atoms with Gasteiger partial charge in [-0.3, -0.25) is 4.79 Å². The van der Waals surface area contributed by atoms with Crippen LogP contribution in [0, 0.1) is 5.82 Å². The van der Waals surface area contributed by atoms with E-state index in [1.165, 1.54) is 12.1 Å². The first kappa shape index (κ1) is 13.2. The highest BCUT2D eigenvalue weighted by Crippen LogP contribution is 2.10. The van der Waals surface area contributed by atoms with Gasteiger partial charge in [-0.15, -0.1) is 0 Å². The first-order valence-corrected chi connectivity index (χ1v) is 6.00. The topological polar surface area (TPSA) is 55.1 Å². The summed E-state index contributed by atoms with van der Waals surface area (Å²) in [6.07, 6.45) is 0.149. The molecule has 2 aromatic carbocycles. The first-order valence-electron chi connectivity index (χ1n) is 6.00. The number of anilines is 1. The Morgan fingerprint density at radius 2 is 1.84 bits per heavy atom. The van der Waals surface area contributed by atoms with Crippen molar-refractivity contribution in [2.75, 3.05) is 5.32 Å². The van der Waals surface area contributed by atoms with Crippen molar-refractivity contribution in [3.8, 4) is 0 Å². The second kappa shape index (κ2) is 6.11. The predicted octanol–water partition coefficient (Wildman–Crippen LogP) is 2.47. The number of hydrogen-bond acceptors (Lipinski definition) is 2. The number of carbonyl (C=O) groups is 1. The summed E-state index contributed by atoms with van der Waals surface area (Å²) in [5.74, 6) is -0.510. The van der Waals surface area contributed by atoms with Crippen LogP contribution >= 0.6 is 0 Å². The Kier molecular flexibility index (Phi) is 4.26. The summed E-state index contributed by atoms with van der Waals surface area (Å²) in [5, 5.41) is 2.76. The number of rotatable bonds is 4. The minimum absolute atomic E-state index is 0.149. The third-order valence-electron chi connectivity index (χ3n) is 2.73. The van der Waals surface area contributed by atoms with Crippen molar-refractivity contribution in [1.82, 2.24) is 0 Å². The Morgan fingerprint density at radius 1 is 1.11 bits per heavy atom. The molecule has 4 heteroatoms. The summed E-state index contributed by atoms with van der Waals surface area (Å²) in [6.45, 7) is 0.470. The van der Waals surface area contributed by atoms with Crippen LogP contribution in [0.15, 0.2) is 48.5 Å². The molecule has 2 aromatic rings. The fourth-order valence-corrected chi connectivity index (χ4v) is 1.76. The lowest BCUT2D eigenvalue weighted by molar-refractivity contribution is -0.115. The predicted molar refractivity (Wildman–Crippen MR) is 73.1 cm³/mol. The minimum Gasteiger partial charge on any atom is -0.326 e. The molecule has 0 radical (unpaired) electrons. The van der Waals surface area contributed by atoms with Crippen molar-refractivity contribution < 1.29 is 9.18 Å². The van der Waals surface area contributed by atoms with Crippen molar-refractivity contribution in [1.29, 1.82) is 0 Å². The monoisotopic (exact) mass is 258 g/mol. The second-order valence-electron chi connectivity index (χ2n) is 4.26. The van der Waals surface area contributed by atoms with E-state index >= 15 is 0 Å². The number of hydrogen-bond donors (Lipinski definition) is 2. The van der Waals surface area contributed by atoms with Gasteiger partial charge in [0.2, 0.25) is 5.91 Å². The average molecular weight is 258 g/mol. The van der Waals surface area contributed by atoms with Crippen molar-refractivity contribution in [3.63, 3.8) is 0 Å². The lowest BCUT2D eigenvalue weighted by Gasteiger charge is -2.06. The lowest BCUT2D eigenvalue weighted by atomic mass is 10.1. The molecule has 0 saturated heterocycles. The van der Waals surface area contributed by atoms with E-state index in [-0.39, 0.29) is 18.1 Å². The van der Waals surface area contributed by atoms with Gasteiger partial charge in [0.25, 0.3) is 0 Å². The molecule has 0 heterocycles. The van der Waals surface area contributed by atoms with Gasteiger partial charge in [-0.1, -0.05) is 24.3 Å². The van der Waals surface area contributed by atoms with Crippen LogP contribution in [0.1, 0.15) is 11.1 Å². The summed E-state index contributed by atoms with van der Waals surface area (Å²) in [4.78, 5) is 11.8. The largest absolute Gasteiger partial charge is 0.326 e. The van der Waals surface area contributed by atoms with E-state index in [0.717, 1.165) is 5.56 Å². The van der Waals surface area contributed by atoms with Gasteiger partial charge in [0.05, 0.1) is 6.42 Å². The summed E-state index contributed by atoms with van der Waals surface area (Å²) in [5.41, 5.74) is 7.85. The van der Waals surface area contributed by atoms with Crippen molar-refractivity contribution in [2.24, 2.45) is 5.73 Å². The Labute approximate surface area is 111 Å². The van der Waals surface area contributed by atoms with Crippen LogP contribution in [-0.2, 0) is 17.8 Å². The molecular weight excluding hydrogens is 243 g/mol. The molecule has 3 N–H and O–H groups in total. The number of carbonyl (C=O) groups excluding carboxylic acids is 1. The molecule has 0 atom stereocenters. The maximum atomic E-state index is 13.0. The van der Waals surface area contributed by atoms with Crippen molar-refractivity contribution >= 4 is 11.6 Å². The zero-order valence-electron chi connectivity index (χ0n) is 10.4. The Balaban J connectivity index is 1.97. The van der Waals surface area contributed by atoms with Crippen LogP contribution < -0.4 is 11.1 Å². The molecule has 0 fully saturated rings. The molecule has 0 saturated carbocycles. The summed E-state index contributed by atoms with van der Waals surface area (Å²) < 4.78 is 13.0. The molecule has 1 amide bonds. The third-order valence-corrected chi connectivity index (χ3v) is 2.73. The van der Waals surface area contributed by atoms with Crippen LogP contribution in [0.5, 0.6) is 0 Å². The van der Waals surface area contributed by atoms with Crippen molar-refractivity contribution in [2.45, 2.75) is 13.0 Å². The standard InChI is InChI=1S/C15H15FN2O/c16-13-3-1-2-12(8-13)9-15(19)18-14-6-4-11(10-17)5-7-14/h1-8H,9-10,17H2,(H,18,19). The number of nitrogens with two attached hydrogens (primary N) is 1. The second-order valence-corrected chi connectivity index (χ2v) is 4.26. The molecule has 0 aromatic heterocycles. The quantitative estimate of drug-likeness (QED) is 0.885. The molecular formula is C15H15FN2O. The highest BCUT2D eigenvalue weighted by Gasteiger charge is 2.04. The summed E-state index contributed by atoms with van der Waals surface area (Å²) >= 11 is 0. The molecule has 2 rings (SSSR count). The Bertz CT molecular complexity index is 567. The van der Waals surface area contributed by atoms with E-state index in [9.17, 15) is 9.18 Å². The smallest absolute Gasteiger partial charge is 0.228 e. The van der Waals surface area contributed by atoms with Crippen LogP contribution in [0.4, 0.5) is 10.1 Å². The fourth-order valence-electron chi connectivity index (χ4n) is 1.76. The number of benzene rings is 2. The van der Waals surface area contributed by atoms with Gasteiger partial charge in [0.15, 0.2) is 0 Å². The van der Waals surface area contributed by atoms with Gasteiger partial charge in [-0.05, 0) is 35.4 Å². The van der Waals surface area contributed by atoms with E-state index in [2.05, 4.69) is 5.32 Å². The highest BCUT2D eigenvalue weighted by molar-refractivity contribution is 5.92. The third kappa shape index (κ3) is 3.89. The Hall–Kier alpha value is -2.20. The molecule has 0 bridgehead atoms. The van der Waals surface area contributed by atoms with Gasteiger partial charge in [-0.25, -0.2) is 4.39 Å². The maximum Gasteiger partial charge on any atom is 0.228 e. The summed E-state index contributed by atoms with van der Waals surface area (Å²) in [6, 6.07) is 13.3. The van der Waals surface area contributed by atoms with Gasteiger partial charge in [-0.2, -0.15) is 0 Å². The Morgan fingerprint density at radius 3 is 2.47 bits per heavy atom. The zero-order chi connectivity index (χ0) is 13.7. The highest BCUT2D eigenvalue weighted by atomic mass is 19.1. The zero-order valence-corrected chi connectivity index (χ0v) is 10.4. The molecule has 0 aliphatic heterocycles. The van der Waals surface area contributed by atoms with Crippen LogP contribution in [0.2, 0.25) is 0 Å². The molecule has 0 aliphatic rings. The SMILES string of the molecule is NCc1ccc(NC(=O)Cc2cccc(F)c2)cc1. The van der Waals surface area contributed by atoms with E-state index < -0.39 is 0 Å². The maximum absolute atomic E-state index is 13.0. The molecule has 0 unspecified atom stereocenters. The lowest BCUT2D eigenvalue weighted by Crippen LogP contribution is -2.14. The molecule has 0 aliphatic carbocycles. The first-order chi connectivity index (χ1) is 9.17. The number of amides is 1. The van der Waals surface area contributed by atoms with Gasteiger partial charge in [0, 0.05) is 12.2 Å². The fraction of sp³-hybridized carbons (Fsp3) is 0.133. The molecule has 19 heavy (non-hydrogen) atoms. The van der Waals surface area contributed by atoms with E-state index in [4.69, 9.17) is 5.73 Å². The van der Waals surface area contributed by atoms with E-state index in [1.54, 1.807) is 24.3 Å². The minimum atomic E-state index is -0.336. The van der Waals surface area contributed by atoms with E-state index in [1.807, 2.05) is 12.1 Å². The van der Waals surface area contributed by atoms with Crippen molar-refractivity contribution in [3.05, 3.63) is 65.5 Å². The summed E-state index contributed by atoms with van der Waals surface area (Å²) in [7, 11) is 0. The molecule has 98 valence electrons. The van der Waals surface area contributed by atoms with Crippen LogP contribution in [0.3, 0.4) is 0 Å². The van der Waals surface area contributed by atoms with Gasteiger partial charge >= 0.3 is 0 Å². The normalized spacial score (nSPS) is 10.2. The molecule has 0 spiro atoms. The van der Waals surface area contributed by atoms with Gasteiger partial charge < -0.3 is 11.1 Å². The van der Waals surface area contributed by atoms with Crippen LogP contribution in [-0.4, -0.2) is 5.91 Å². The van der Waals surface area contributed by atoms with Gasteiger partial charge in [0.1, 0.15) is 5.82 Å².